The molecule has 2 nitrogen and oxygen atoms in total. The third-order valence-electron chi connectivity index (χ3n) is 3.36. The maximum atomic E-state index is 10.7. The van der Waals surface area contributed by atoms with Gasteiger partial charge >= 0.3 is 0 Å². The third kappa shape index (κ3) is 2.69. The largest absolute Gasteiger partial charge is 0.497 e. The molecular formula is C17H18O2. The molecular weight excluding hydrogens is 236 g/mol. The molecule has 0 amide bonds. The summed E-state index contributed by atoms with van der Waals surface area (Å²) >= 11 is 0. The van der Waals surface area contributed by atoms with Crippen LogP contribution in [0.25, 0.3) is 5.57 Å². The van der Waals surface area contributed by atoms with Crippen molar-refractivity contribution in [2.75, 3.05) is 7.11 Å². The normalized spacial score (nSPS) is 13.6. The Bertz CT molecular complexity index is 554. The van der Waals surface area contributed by atoms with E-state index in [9.17, 15) is 5.11 Å². The van der Waals surface area contributed by atoms with Crippen LogP contribution < -0.4 is 4.74 Å². The van der Waals surface area contributed by atoms with Gasteiger partial charge in [0.2, 0.25) is 0 Å². The van der Waals surface area contributed by atoms with E-state index in [1.54, 1.807) is 14.0 Å². The zero-order valence-corrected chi connectivity index (χ0v) is 11.3. The SMILES string of the molecule is C=C(c1ccc(OC)cc1)C(C)(O)c1ccccc1. The third-order valence-corrected chi connectivity index (χ3v) is 3.36. The summed E-state index contributed by atoms with van der Waals surface area (Å²) in [4.78, 5) is 0. The number of hydrogen-bond donors (Lipinski definition) is 1. The van der Waals surface area contributed by atoms with Gasteiger partial charge in [-0.3, -0.25) is 0 Å². The van der Waals surface area contributed by atoms with E-state index in [-0.39, 0.29) is 0 Å². The monoisotopic (exact) mass is 254 g/mol. The Hall–Kier alpha value is -2.06. The van der Waals surface area contributed by atoms with Crippen molar-refractivity contribution in [3.63, 3.8) is 0 Å². The van der Waals surface area contributed by atoms with Crippen LogP contribution in [0.1, 0.15) is 18.1 Å². The molecule has 0 saturated heterocycles. The molecule has 98 valence electrons. The van der Waals surface area contributed by atoms with Crippen molar-refractivity contribution in [2.24, 2.45) is 0 Å². The summed E-state index contributed by atoms with van der Waals surface area (Å²) in [5.41, 5.74) is 1.31. The van der Waals surface area contributed by atoms with E-state index in [1.165, 1.54) is 0 Å². The molecule has 2 heteroatoms. The van der Waals surface area contributed by atoms with Crippen LogP contribution in [-0.4, -0.2) is 12.2 Å². The van der Waals surface area contributed by atoms with E-state index in [0.717, 1.165) is 16.9 Å². The molecule has 0 aliphatic rings. The van der Waals surface area contributed by atoms with Gasteiger partial charge in [0.15, 0.2) is 0 Å². The van der Waals surface area contributed by atoms with Gasteiger partial charge in [-0.1, -0.05) is 49.0 Å². The van der Waals surface area contributed by atoms with Crippen LogP contribution in [-0.2, 0) is 5.60 Å². The van der Waals surface area contributed by atoms with E-state index >= 15 is 0 Å². The van der Waals surface area contributed by atoms with Crippen molar-refractivity contribution >= 4 is 5.57 Å². The number of rotatable bonds is 4. The van der Waals surface area contributed by atoms with E-state index in [1.807, 2.05) is 54.6 Å². The maximum absolute atomic E-state index is 10.7. The lowest BCUT2D eigenvalue weighted by Crippen LogP contribution is -2.22. The smallest absolute Gasteiger partial charge is 0.118 e. The van der Waals surface area contributed by atoms with Gasteiger partial charge in [0.05, 0.1) is 7.11 Å². The molecule has 0 bridgehead atoms. The number of ether oxygens (including phenoxy) is 1. The predicted molar refractivity (Wildman–Crippen MR) is 78.0 cm³/mol. The molecule has 2 aromatic carbocycles. The van der Waals surface area contributed by atoms with Crippen molar-refractivity contribution in [3.8, 4) is 5.75 Å². The molecule has 1 N–H and O–H groups in total. The molecule has 1 unspecified atom stereocenters. The lowest BCUT2D eigenvalue weighted by molar-refractivity contribution is 0.122. The Balaban J connectivity index is 2.32. The van der Waals surface area contributed by atoms with Gasteiger partial charge in [-0.25, -0.2) is 0 Å². The molecule has 0 radical (unpaired) electrons. The molecule has 0 spiro atoms. The highest BCUT2D eigenvalue weighted by molar-refractivity contribution is 5.71. The van der Waals surface area contributed by atoms with Crippen LogP contribution in [0.4, 0.5) is 0 Å². The van der Waals surface area contributed by atoms with Gasteiger partial charge in [-0.15, -0.1) is 0 Å². The van der Waals surface area contributed by atoms with Crippen molar-refractivity contribution in [1.82, 2.24) is 0 Å². The highest BCUT2D eigenvalue weighted by Crippen LogP contribution is 2.34. The summed E-state index contributed by atoms with van der Waals surface area (Å²) < 4.78 is 5.13. The first-order valence-electron chi connectivity index (χ1n) is 6.17. The first-order chi connectivity index (χ1) is 9.05. The summed E-state index contributed by atoms with van der Waals surface area (Å²) in [6, 6.07) is 17.1. The number of methoxy groups -OCH3 is 1. The van der Waals surface area contributed by atoms with Crippen LogP contribution in [0.5, 0.6) is 5.75 Å². The summed E-state index contributed by atoms with van der Waals surface area (Å²) in [5, 5.41) is 10.7. The minimum absolute atomic E-state index is 0.668. The van der Waals surface area contributed by atoms with Gasteiger partial charge in [0, 0.05) is 0 Å². The van der Waals surface area contributed by atoms with Crippen molar-refractivity contribution < 1.29 is 9.84 Å². The topological polar surface area (TPSA) is 29.5 Å². The zero-order valence-electron chi connectivity index (χ0n) is 11.3. The van der Waals surface area contributed by atoms with Crippen LogP contribution in [0, 0.1) is 0 Å². The molecule has 0 aliphatic carbocycles. The second-order valence-corrected chi connectivity index (χ2v) is 4.65. The predicted octanol–water partition coefficient (Wildman–Crippen LogP) is 3.62. The molecule has 19 heavy (non-hydrogen) atoms. The fourth-order valence-corrected chi connectivity index (χ4v) is 2.01. The van der Waals surface area contributed by atoms with Crippen LogP contribution in [0.15, 0.2) is 61.2 Å². The summed E-state index contributed by atoms with van der Waals surface area (Å²) in [6.07, 6.45) is 0. The van der Waals surface area contributed by atoms with E-state index < -0.39 is 5.60 Å². The minimum atomic E-state index is -1.09. The Morgan fingerprint density at radius 3 is 2.16 bits per heavy atom. The Morgan fingerprint density at radius 1 is 1.05 bits per heavy atom. The van der Waals surface area contributed by atoms with E-state index in [4.69, 9.17) is 4.74 Å². The van der Waals surface area contributed by atoms with Crippen molar-refractivity contribution in [1.29, 1.82) is 0 Å². The number of aliphatic hydroxyl groups is 1. The van der Waals surface area contributed by atoms with Crippen molar-refractivity contribution in [2.45, 2.75) is 12.5 Å². The number of hydrogen-bond acceptors (Lipinski definition) is 2. The Kier molecular flexibility index (Phi) is 3.72. The summed E-state index contributed by atoms with van der Waals surface area (Å²) in [6.45, 7) is 5.80. The van der Waals surface area contributed by atoms with Crippen LogP contribution in [0.2, 0.25) is 0 Å². The molecule has 0 heterocycles. The average Bonchev–Trinajstić information content (AvgIpc) is 2.47. The van der Waals surface area contributed by atoms with Gasteiger partial charge in [-0.05, 0) is 35.8 Å². The average molecular weight is 254 g/mol. The second-order valence-electron chi connectivity index (χ2n) is 4.65. The quantitative estimate of drug-likeness (QED) is 0.903. The lowest BCUT2D eigenvalue weighted by Gasteiger charge is -2.27. The highest BCUT2D eigenvalue weighted by atomic mass is 16.5. The molecule has 0 aromatic heterocycles. The zero-order chi connectivity index (χ0) is 13.9. The molecule has 0 saturated carbocycles. The van der Waals surface area contributed by atoms with Gasteiger partial charge in [0.1, 0.15) is 11.4 Å². The Morgan fingerprint density at radius 2 is 1.63 bits per heavy atom. The highest BCUT2D eigenvalue weighted by Gasteiger charge is 2.27. The minimum Gasteiger partial charge on any atom is -0.497 e. The fraction of sp³-hybridized carbons (Fsp3) is 0.176. The second kappa shape index (κ2) is 5.29. The Labute approximate surface area is 114 Å². The van der Waals surface area contributed by atoms with E-state index in [0.29, 0.717) is 5.57 Å². The molecule has 0 fully saturated rings. The van der Waals surface area contributed by atoms with Crippen LogP contribution >= 0.6 is 0 Å². The molecule has 0 aliphatic heterocycles. The molecule has 2 rings (SSSR count). The first kappa shape index (κ1) is 13.4. The fourth-order valence-electron chi connectivity index (χ4n) is 2.01. The standard InChI is InChI=1S/C17H18O2/c1-13(14-9-11-16(19-3)12-10-14)17(2,18)15-7-5-4-6-8-15/h4-12,18H,1H2,2-3H3. The summed E-state index contributed by atoms with van der Waals surface area (Å²) in [7, 11) is 1.63. The van der Waals surface area contributed by atoms with Crippen molar-refractivity contribution in [3.05, 3.63) is 72.3 Å². The first-order valence-corrected chi connectivity index (χ1v) is 6.17. The lowest BCUT2D eigenvalue weighted by atomic mass is 9.85. The molecule has 2 aromatic rings. The van der Waals surface area contributed by atoms with Gasteiger partial charge in [-0.2, -0.15) is 0 Å². The van der Waals surface area contributed by atoms with Gasteiger partial charge < -0.3 is 9.84 Å². The molecule has 1 atom stereocenters. The van der Waals surface area contributed by atoms with E-state index in [2.05, 4.69) is 6.58 Å². The summed E-state index contributed by atoms with van der Waals surface area (Å²) in [5.74, 6) is 0.788. The maximum Gasteiger partial charge on any atom is 0.118 e. The number of benzene rings is 2. The van der Waals surface area contributed by atoms with Gasteiger partial charge in [0.25, 0.3) is 0 Å². The van der Waals surface area contributed by atoms with Crippen LogP contribution in [0.3, 0.4) is 0 Å².